The topological polar surface area (TPSA) is 159 Å². The van der Waals surface area contributed by atoms with Crippen molar-refractivity contribution >= 4 is 52.7 Å². The summed E-state index contributed by atoms with van der Waals surface area (Å²) in [6, 6.07) is 26.0. The monoisotopic (exact) mass is 1030 g/mol. The molecule has 2 aliphatic rings. The molecule has 0 radical (unpaired) electrons. The number of carbonyl (C=O) groups excluding carboxylic acids is 5. The maximum Gasteiger partial charge on any atom is 0.247 e. The molecule has 5 aromatic rings. The summed E-state index contributed by atoms with van der Waals surface area (Å²) in [6.07, 6.45) is 4.48. The highest BCUT2D eigenvalue weighted by Crippen LogP contribution is 2.33. The fourth-order valence-corrected chi connectivity index (χ4v) is 9.96. The predicted octanol–water partition coefficient (Wildman–Crippen LogP) is 7.88. The van der Waals surface area contributed by atoms with Crippen molar-refractivity contribution in [2.45, 2.75) is 96.1 Å². The standard InChI is InChI=1S/C56H68Cl2N8O7/c1-36-32-59-51(67)31-46(28-40-15-20-44(57)21-16-40)63(5)56(71)48(35-72-7)61-54(69)38(3)66(52(68)29-43(55(70)62(36)4)27-39-13-9-8-10-14-39)34-42-17-22-45(58)30-50(42)73-47-23-18-41(19-24-47)49-33-60-53(64(49)6)37(2)65-25-11-12-26-65/h8-10,13-24,30,33,36-38,43,46,48H,11-12,25-29,31-32,34-35H2,1-7H3,(H,59,67)(H,61,69)/t36-,37?,38-,43+,46-,48-/m0/s1. The summed E-state index contributed by atoms with van der Waals surface area (Å²) in [5, 5.41) is 6.77. The predicted molar refractivity (Wildman–Crippen MR) is 283 cm³/mol. The van der Waals surface area contributed by atoms with Crippen LogP contribution in [0, 0.1) is 5.92 Å². The fourth-order valence-electron chi connectivity index (χ4n) is 9.67. The molecule has 1 unspecified atom stereocenters. The number of hydrogen-bond donors (Lipinski definition) is 2. The van der Waals surface area contributed by atoms with Crippen LogP contribution in [0.1, 0.15) is 75.0 Å². The van der Waals surface area contributed by atoms with Crippen LogP contribution in [-0.4, -0.2) is 130 Å². The molecule has 73 heavy (non-hydrogen) atoms. The third kappa shape index (κ3) is 13.9. The van der Waals surface area contributed by atoms with Gasteiger partial charge in [-0.3, -0.25) is 28.9 Å². The molecule has 0 spiro atoms. The number of imidazole rings is 1. The van der Waals surface area contributed by atoms with Gasteiger partial charge in [-0.15, -0.1) is 0 Å². The van der Waals surface area contributed by atoms with Crippen LogP contribution in [-0.2, 0) is 55.1 Å². The summed E-state index contributed by atoms with van der Waals surface area (Å²) in [6.45, 7) is 7.54. The van der Waals surface area contributed by atoms with E-state index in [4.69, 9.17) is 37.7 Å². The Morgan fingerprint density at radius 3 is 2.14 bits per heavy atom. The number of nitrogens with one attached hydrogen (secondary N) is 2. The minimum atomic E-state index is -1.19. The molecular formula is C56H68Cl2N8O7. The van der Waals surface area contributed by atoms with Gasteiger partial charge in [0, 0.05) is 80.9 Å². The first-order valence-electron chi connectivity index (χ1n) is 25.0. The molecule has 7 rings (SSSR count). The maximum atomic E-state index is 15.1. The second-order valence-electron chi connectivity index (χ2n) is 19.4. The minimum absolute atomic E-state index is 0.0720. The van der Waals surface area contributed by atoms with Crippen molar-refractivity contribution in [2.24, 2.45) is 13.0 Å². The molecule has 1 aromatic heterocycles. The van der Waals surface area contributed by atoms with E-state index in [0.717, 1.165) is 41.3 Å². The van der Waals surface area contributed by atoms with Crippen LogP contribution >= 0.6 is 23.2 Å². The van der Waals surface area contributed by atoms with Gasteiger partial charge in [0.15, 0.2) is 0 Å². The third-order valence-corrected chi connectivity index (χ3v) is 14.8. The lowest BCUT2D eigenvalue weighted by Gasteiger charge is -2.35. The van der Waals surface area contributed by atoms with Gasteiger partial charge in [0.1, 0.15) is 29.4 Å². The zero-order valence-corrected chi connectivity index (χ0v) is 44.4. The highest BCUT2D eigenvalue weighted by Gasteiger charge is 2.37. The van der Waals surface area contributed by atoms with Crippen LogP contribution in [0.5, 0.6) is 11.5 Å². The van der Waals surface area contributed by atoms with Crippen molar-refractivity contribution in [1.29, 1.82) is 0 Å². The van der Waals surface area contributed by atoms with Gasteiger partial charge >= 0.3 is 0 Å². The van der Waals surface area contributed by atoms with Crippen molar-refractivity contribution < 1.29 is 33.4 Å². The molecular weight excluding hydrogens is 968 g/mol. The summed E-state index contributed by atoms with van der Waals surface area (Å²) in [5.41, 5.74) is 4.15. The lowest BCUT2D eigenvalue weighted by Crippen LogP contribution is -2.57. The van der Waals surface area contributed by atoms with E-state index in [-0.39, 0.29) is 56.8 Å². The average molecular weight is 1040 g/mol. The molecule has 6 atom stereocenters. The maximum absolute atomic E-state index is 15.1. The normalized spacial score (nSPS) is 21.7. The molecule has 5 amide bonds. The Hall–Kier alpha value is -6.26. The first kappa shape index (κ1) is 54.5. The van der Waals surface area contributed by atoms with Crippen LogP contribution in [0.4, 0.5) is 0 Å². The summed E-state index contributed by atoms with van der Waals surface area (Å²) >= 11 is 12.8. The lowest BCUT2D eigenvalue weighted by atomic mass is 9.93. The number of carbonyl (C=O) groups is 5. The number of hydrogen-bond acceptors (Lipinski definition) is 9. The molecule has 0 saturated carbocycles. The van der Waals surface area contributed by atoms with E-state index in [9.17, 15) is 19.2 Å². The summed E-state index contributed by atoms with van der Waals surface area (Å²) < 4.78 is 14.2. The van der Waals surface area contributed by atoms with Gasteiger partial charge < -0.3 is 39.4 Å². The van der Waals surface area contributed by atoms with Gasteiger partial charge in [0.25, 0.3) is 0 Å². The summed E-state index contributed by atoms with van der Waals surface area (Å²) in [4.78, 5) is 84.2. The molecule has 2 saturated heterocycles. The van der Waals surface area contributed by atoms with Crippen LogP contribution < -0.4 is 15.4 Å². The smallest absolute Gasteiger partial charge is 0.247 e. The minimum Gasteiger partial charge on any atom is -0.457 e. The molecule has 4 aromatic carbocycles. The van der Waals surface area contributed by atoms with E-state index in [1.54, 1.807) is 56.3 Å². The van der Waals surface area contributed by atoms with E-state index in [0.29, 0.717) is 33.5 Å². The number of ether oxygens (including phenoxy) is 2. The number of aromatic nitrogens is 2. The van der Waals surface area contributed by atoms with Crippen molar-refractivity contribution in [3.05, 3.63) is 136 Å². The number of likely N-dealkylation sites (tertiary alicyclic amines) is 1. The first-order chi connectivity index (χ1) is 35.0. The molecule has 2 aliphatic heterocycles. The highest BCUT2D eigenvalue weighted by atomic mass is 35.5. The lowest BCUT2D eigenvalue weighted by molar-refractivity contribution is -0.147. The van der Waals surface area contributed by atoms with E-state index in [1.807, 2.05) is 86.9 Å². The molecule has 2 N–H and O–H groups in total. The Balaban J connectivity index is 1.21. The largest absolute Gasteiger partial charge is 0.457 e. The summed E-state index contributed by atoms with van der Waals surface area (Å²) in [7, 11) is 6.71. The van der Waals surface area contributed by atoms with E-state index < -0.39 is 47.8 Å². The molecule has 2 fully saturated rings. The Morgan fingerprint density at radius 2 is 1.45 bits per heavy atom. The number of halogens is 2. The Bertz CT molecular complexity index is 2700. The number of methoxy groups -OCH3 is 1. The number of likely N-dealkylation sites (N-methyl/N-ethyl adjacent to an activating group) is 2. The number of nitrogens with zero attached hydrogens (tertiary/aromatic N) is 6. The first-order valence-corrected chi connectivity index (χ1v) is 25.8. The van der Waals surface area contributed by atoms with Gasteiger partial charge in [-0.05, 0) is 119 Å². The molecule has 0 bridgehead atoms. The number of benzene rings is 4. The zero-order valence-electron chi connectivity index (χ0n) is 42.9. The molecule has 15 nitrogen and oxygen atoms in total. The van der Waals surface area contributed by atoms with Crippen molar-refractivity contribution in [3.8, 4) is 22.8 Å². The zero-order chi connectivity index (χ0) is 52.3. The van der Waals surface area contributed by atoms with Crippen LogP contribution in [0.25, 0.3) is 11.3 Å². The third-order valence-electron chi connectivity index (χ3n) is 14.3. The Labute approximate surface area is 439 Å². The van der Waals surface area contributed by atoms with Gasteiger partial charge in [-0.1, -0.05) is 71.7 Å². The highest BCUT2D eigenvalue weighted by molar-refractivity contribution is 6.31. The Kier molecular flexibility index (Phi) is 18.8. The molecule has 17 heteroatoms. The fraction of sp³-hybridized carbons (Fsp3) is 0.429. The average Bonchev–Trinajstić information content (AvgIpc) is 4.07. The van der Waals surface area contributed by atoms with Crippen molar-refractivity contribution in [1.82, 2.24) is 39.8 Å². The van der Waals surface area contributed by atoms with E-state index in [2.05, 4.69) is 27.0 Å². The number of rotatable bonds is 13. The van der Waals surface area contributed by atoms with Crippen LogP contribution in [0.2, 0.25) is 10.0 Å². The quantitative estimate of drug-likeness (QED) is 0.120. The second-order valence-corrected chi connectivity index (χ2v) is 20.3. The van der Waals surface area contributed by atoms with Gasteiger partial charge in [-0.2, -0.15) is 0 Å². The van der Waals surface area contributed by atoms with E-state index >= 15 is 4.79 Å². The second kappa shape index (κ2) is 25.1. The SMILES string of the molecule is COC[C@@H]1NC(=O)[C@H](C)N(Cc2ccc(Cl)cc2Oc2ccc(-c3cnc(C(C)N4CCCC4)n3C)cc2)C(=O)C[C@@H](Cc2ccccc2)C(=O)N(C)[C@@H](C)CNC(=O)C[C@H](Cc2ccc(Cl)cc2)N(C)C1=O. The van der Waals surface area contributed by atoms with E-state index in [1.165, 1.54) is 29.8 Å². The van der Waals surface area contributed by atoms with Gasteiger partial charge in [-0.25, -0.2) is 4.98 Å². The van der Waals surface area contributed by atoms with Crippen LogP contribution in [0.3, 0.4) is 0 Å². The van der Waals surface area contributed by atoms with Gasteiger partial charge in [0.2, 0.25) is 29.5 Å². The van der Waals surface area contributed by atoms with Crippen molar-refractivity contribution in [2.75, 3.05) is 47.4 Å². The Morgan fingerprint density at radius 1 is 0.781 bits per heavy atom. The number of amides is 5. The molecule has 388 valence electrons. The van der Waals surface area contributed by atoms with Crippen molar-refractivity contribution in [3.63, 3.8) is 0 Å². The molecule has 3 heterocycles. The van der Waals surface area contributed by atoms with Gasteiger partial charge in [0.05, 0.1) is 37.0 Å². The van der Waals surface area contributed by atoms with Crippen LogP contribution in [0.15, 0.2) is 103 Å². The molecule has 0 aliphatic carbocycles. The summed E-state index contributed by atoms with van der Waals surface area (Å²) in [5.74, 6) is -1.22.